The Morgan fingerprint density at radius 2 is 1.72 bits per heavy atom. The maximum atomic E-state index is 13.9. The minimum absolute atomic E-state index is 0.290. The van der Waals surface area contributed by atoms with E-state index in [2.05, 4.69) is 10.6 Å². The van der Waals surface area contributed by atoms with Crippen LogP contribution in [0.4, 0.5) is 10.5 Å². The van der Waals surface area contributed by atoms with Crippen LogP contribution in [0.25, 0.3) is 0 Å². The lowest BCUT2D eigenvalue weighted by atomic mass is 9.95. The third kappa shape index (κ3) is 7.72. The van der Waals surface area contributed by atoms with Gasteiger partial charge in [0.25, 0.3) is 5.91 Å². The first-order valence-electron chi connectivity index (χ1n) is 12.2. The van der Waals surface area contributed by atoms with Gasteiger partial charge in [-0.15, -0.1) is 0 Å². The number of hydrogen-bond acceptors (Lipinski definition) is 4. The number of alkyl carbamates (subject to hydrolysis) is 1. The molecular weight excluding hydrogens is 478 g/mol. The molecule has 2 unspecified atom stereocenters. The number of ether oxygens (including phenoxy) is 1. The Hall–Kier alpha value is -3.06. The van der Waals surface area contributed by atoms with Crippen molar-refractivity contribution >= 4 is 35.2 Å². The molecule has 0 aromatic heterocycles. The number of hydrogen-bond donors (Lipinski definition) is 2. The van der Waals surface area contributed by atoms with Crippen LogP contribution in [0.2, 0.25) is 5.02 Å². The number of nitrogens with zero attached hydrogens (tertiary/aromatic N) is 1. The third-order valence-electron chi connectivity index (χ3n) is 5.85. The van der Waals surface area contributed by atoms with E-state index in [1.807, 2.05) is 65.0 Å². The van der Waals surface area contributed by atoms with Crippen molar-refractivity contribution < 1.29 is 19.1 Å². The predicted octanol–water partition coefficient (Wildman–Crippen LogP) is 6.10. The van der Waals surface area contributed by atoms with Gasteiger partial charge in [0.1, 0.15) is 18.2 Å². The van der Waals surface area contributed by atoms with Crippen molar-refractivity contribution in [2.75, 3.05) is 11.9 Å². The van der Waals surface area contributed by atoms with Gasteiger partial charge in [0.15, 0.2) is 0 Å². The molecule has 0 aliphatic rings. The fourth-order valence-corrected chi connectivity index (χ4v) is 4.19. The monoisotopic (exact) mass is 515 g/mol. The molecule has 0 heterocycles. The summed E-state index contributed by atoms with van der Waals surface area (Å²) in [6.07, 6.45) is -0.0861. The largest absolute Gasteiger partial charge is 0.444 e. The summed E-state index contributed by atoms with van der Waals surface area (Å²) in [4.78, 5) is 41.2. The van der Waals surface area contributed by atoms with Crippen molar-refractivity contribution in [3.8, 4) is 0 Å². The van der Waals surface area contributed by atoms with Crippen LogP contribution in [0.3, 0.4) is 0 Å². The van der Waals surface area contributed by atoms with E-state index in [1.165, 1.54) is 4.90 Å². The zero-order valence-electron chi connectivity index (χ0n) is 22.5. The summed E-state index contributed by atoms with van der Waals surface area (Å²) in [6.45, 7) is 14.5. The molecule has 0 fully saturated rings. The molecule has 2 rings (SSSR count). The topological polar surface area (TPSA) is 87.7 Å². The molecule has 36 heavy (non-hydrogen) atoms. The number of aryl methyl sites for hydroxylation is 3. The SMILES string of the molecule is CCC(C)N(C(=O)CNC(=O)OC(C)(C)C)C(C(=O)Nc1c(C)cccc1Cl)c1ccc(C)cc1C. The summed E-state index contributed by atoms with van der Waals surface area (Å²) < 4.78 is 5.27. The fraction of sp³-hybridized carbons (Fsp3) is 0.464. The van der Waals surface area contributed by atoms with Crippen LogP contribution in [0, 0.1) is 20.8 Å². The number of carbonyl (C=O) groups excluding carboxylic acids is 3. The first-order valence-corrected chi connectivity index (χ1v) is 12.5. The van der Waals surface area contributed by atoms with E-state index in [0.29, 0.717) is 22.7 Å². The Morgan fingerprint density at radius 3 is 2.28 bits per heavy atom. The van der Waals surface area contributed by atoms with Crippen molar-refractivity contribution in [2.24, 2.45) is 0 Å². The average Bonchev–Trinajstić information content (AvgIpc) is 2.77. The van der Waals surface area contributed by atoms with E-state index in [9.17, 15) is 14.4 Å². The van der Waals surface area contributed by atoms with Gasteiger partial charge in [-0.2, -0.15) is 0 Å². The molecule has 7 nitrogen and oxygen atoms in total. The van der Waals surface area contributed by atoms with Gasteiger partial charge in [0.2, 0.25) is 5.91 Å². The Labute approximate surface area is 219 Å². The first kappa shape index (κ1) is 29.2. The highest BCUT2D eigenvalue weighted by atomic mass is 35.5. The van der Waals surface area contributed by atoms with Crippen molar-refractivity contribution in [1.82, 2.24) is 10.2 Å². The minimum atomic E-state index is -0.941. The standard InChI is InChI=1S/C28H38ClN3O4/c1-9-20(5)32(23(33)16-30-27(35)36-28(6,7)8)25(21-14-13-17(2)15-19(21)4)26(34)31-24-18(3)11-10-12-22(24)29/h10-15,20,25H,9,16H2,1-8H3,(H,30,35)(H,31,34). The van der Waals surface area contributed by atoms with Gasteiger partial charge in [-0.1, -0.05) is 54.4 Å². The summed E-state index contributed by atoms with van der Waals surface area (Å²) >= 11 is 6.39. The van der Waals surface area contributed by atoms with Crippen molar-refractivity contribution in [3.63, 3.8) is 0 Å². The summed E-state index contributed by atoms with van der Waals surface area (Å²) in [6, 6.07) is 9.92. The van der Waals surface area contributed by atoms with E-state index in [-0.39, 0.29) is 18.5 Å². The van der Waals surface area contributed by atoms with Crippen LogP contribution in [0.5, 0.6) is 0 Å². The number of carbonyl (C=O) groups is 3. The minimum Gasteiger partial charge on any atom is -0.444 e. The summed E-state index contributed by atoms with van der Waals surface area (Å²) in [5, 5.41) is 5.90. The zero-order chi connectivity index (χ0) is 27.2. The Kier molecular flexibility index (Phi) is 9.93. The number of amides is 3. The van der Waals surface area contributed by atoms with Crippen molar-refractivity contribution in [3.05, 3.63) is 63.7 Å². The highest BCUT2D eigenvalue weighted by molar-refractivity contribution is 6.34. The van der Waals surface area contributed by atoms with Crippen LogP contribution in [0.1, 0.15) is 69.3 Å². The summed E-state index contributed by atoms with van der Waals surface area (Å²) in [7, 11) is 0. The molecule has 0 bridgehead atoms. The van der Waals surface area contributed by atoms with Crippen LogP contribution in [-0.2, 0) is 14.3 Å². The van der Waals surface area contributed by atoms with Gasteiger partial charge in [-0.3, -0.25) is 9.59 Å². The number of benzene rings is 2. The lowest BCUT2D eigenvalue weighted by Gasteiger charge is -2.36. The predicted molar refractivity (Wildman–Crippen MR) is 144 cm³/mol. The van der Waals surface area contributed by atoms with E-state index >= 15 is 0 Å². The number of halogens is 1. The van der Waals surface area contributed by atoms with Crippen LogP contribution >= 0.6 is 11.6 Å². The Morgan fingerprint density at radius 1 is 1.06 bits per heavy atom. The molecule has 2 aromatic carbocycles. The Bertz CT molecular complexity index is 1090. The highest BCUT2D eigenvalue weighted by Gasteiger charge is 2.35. The molecule has 2 aromatic rings. The fourth-order valence-electron chi connectivity index (χ4n) is 3.93. The Balaban J connectivity index is 2.49. The lowest BCUT2D eigenvalue weighted by molar-refractivity contribution is -0.140. The average molecular weight is 516 g/mol. The molecule has 2 atom stereocenters. The van der Waals surface area contributed by atoms with Crippen LogP contribution in [-0.4, -0.2) is 41.0 Å². The van der Waals surface area contributed by atoms with Gasteiger partial charge in [0.05, 0.1) is 10.7 Å². The quantitative estimate of drug-likeness (QED) is 0.445. The molecule has 0 saturated carbocycles. The van der Waals surface area contributed by atoms with Gasteiger partial charge in [-0.25, -0.2) is 4.79 Å². The number of anilines is 1. The maximum Gasteiger partial charge on any atom is 0.408 e. The number of para-hydroxylation sites is 1. The molecule has 0 aliphatic heterocycles. The molecule has 196 valence electrons. The molecule has 0 spiro atoms. The van der Waals surface area contributed by atoms with Crippen molar-refractivity contribution in [1.29, 1.82) is 0 Å². The molecule has 3 amide bonds. The first-order chi connectivity index (χ1) is 16.7. The molecule has 2 N–H and O–H groups in total. The van der Waals surface area contributed by atoms with Crippen LogP contribution in [0.15, 0.2) is 36.4 Å². The van der Waals surface area contributed by atoms with Gasteiger partial charge in [0, 0.05) is 6.04 Å². The number of nitrogens with one attached hydrogen (secondary N) is 2. The maximum absolute atomic E-state index is 13.9. The summed E-state index contributed by atoms with van der Waals surface area (Å²) in [5.74, 6) is -0.782. The molecule has 0 saturated heterocycles. The van der Waals surface area contributed by atoms with Gasteiger partial charge < -0.3 is 20.3 Å². The van der Waals surface area contributed by atoms with E-state index < -0.39 is 23.6 Å². The molecule has 8 heteroatoms. The van der Waals surface area contributed by atoms with E-state index in [4.69, 9.17) is 16.3 Å². The third-order valence-corrected chi connectivity index (χ3v) is 6.17. The number of rotatable bonds is 8. The van der Waals surface area contributed by atoms with Crippen molar-refractivity contribution in [2.45, 2.75) is 79.5 Å². The van der Waals surface area contributed by atoms with Crippen LogP contribution < -0.4 is 10.6 Å². The van der Waals surface area contributed by atoms with Gasteiger partial charge in [-0.05, 0) is 77.6 Å². The van der Waals surface area contributed by atoms with E-state index in [1.54, 1.807) is 26.8 Å². The zero-order valence-corrected chi connectivity index (χ0v) is 23.2. The molecule has 0 aliphatic carbocycles. The summed E-state index contributed by atoms with van der Waals surface area (Å²) in [5.41, 5.74) is 3.24. The molecular formula is C28H38ClN3O4. The second-order valence-corrected chi connectivity index (χ2v) is 10.5. The smallest absolute Gasteiger partial charge is 0.408 e. The second-order valence-electron chi connectivity index (χ2n) is 10.1. The lowest BCUT2D eigenvalue weighted by Crippen LogP contribution is -2.50. The molecule has 0 radical (unpaired) electrons. The normalized spacial score (nSPS) is 12.9. The highest BCUT2D eigenvalue weighted by Crippen LogP contribution is 2.32. The van der Waals surface area contributed by atoms with E-state index in [0.717, 1.165) is 16.7 Å². The second kappa shape index (κ2) is 12.3. The van der Waals surface area contributed by atoms with Gasteiger partial charge >= 0.3 is 6.09 Å².